The Bertz CT molecular complexity index is 501. The summed E-state index contributed by atoms with van der Waals surface area (Å²) in [5.41, 5.74) is 3.00. The predicted octanol–water partition coefficient (Wildman–Crippen LogP) is 1.91. The zero-order chi connectivity index (χ0) is 11.0. The number of methoxy groups -OCH3 is 1. The van der Waals surface area contributed by atoms with Crippen LogP contribution in [0.5, 0.6) is 6.08 Å². The summed E-state index contributed by atoms with van der Waals surface area (Å²) in [5, 5.41) is 3.37. The summed E-state index contributed by atoms with van der Waals surface area (Å²) in [6.07, 6.45) is 1.50. The molecule has 0 bridgehead atoms. The zero-order valence-electron chi connectivity index (χ0n) is 9.19. The van der Waals surface area contributed by atoms with Gasteiger partial charge in [-0.3, -0.25) is 0 Å². The van der Waals surface area contributed by atoms with Crippen LogP contribution in [0.15, 0.2) is 22.6 Å². The van der Waals surface area contributed by atoms with Gasteiger partial charge < -0.3 is 14.5 Å². The molecular weight excluding hydrogens is 204 g/mol. The second-order valence-electron chi connectivity index (χ2n) is 4.07. The maximum atomic E-state index is 5.46. The molecule has 1 N–H and O–H groups in total. The molecule has 4 nitrogen and oxygen atoms in total. The standard InChI is InChI=1S/C12H14N2O2/c1-15-12-14-11-9(8-5-6-13-7-8)3-2-4-10(11)16-12/h2-4,8,13H,5-7H2,1H3. The first-order chi connectivity index (χ1) is 7.88. The molecular formula is C12H14N2O2. The molecule has 1 aliphatic rings. The molecule has 1 saturated heterocycles. The van der Waals surface area contributed by atoms with Crippen molar-refractivity contribution in [3.63, 3.8) is 0 Å². The highest BCUT2D eigenvalue weighted by Crippen LogP contribution is 2.31. The molecule has 0 spiro atoms. The Hall–Kier alpha value is -1.55. The number of para-hydroxylation sites is 1. The van der Waals surface area contributed by atoms with Crippen LogP contribution in [0.1, 0.15) is 17.9 Å². The second kappa shape index (κ2) is 3.79. The molecule has 16 heavy (non-hydrogen) atoms. The molecule has 2 aromatic rings. The molecule has 0 amide bonds. The number of ether oxygens (including phenoxy) is 1. The smallest absolute Gasteiger partial charge is 0.394 e. The third kappa shape index (κ3) is 1.46. The molecule has 1 fully saturated rings. The van der Waals surface area contributed by atoms with Crippen LogP contribution in [0, 0.1) is 0 Å². The molecule has 0 saturated carbocycles. The van der Waals surface area contributed by atoms with Crippen LogP contribution >= 0.6 is 0 Å². The van der Waals surface area contributed by atoms with Crippen molar-refractivity contribution in [1.29, 1.82) is 0 Å². The van der Waals surface area contributed by atoms with Crippen LogP contribution in [0.25, 0.3) is 11.1 Å². The van der Waals surface area contributed by atoms with Gasteiger partial charge in [0.1, 0.15) is 5.52 Å². The van der Waals surface area contributed by atoms with E-state index in [0.717, 1.165) is 30.6 Å². The van der Waals surface area contributed by atoms with Crippen LogP contribution in [-0.2, 0) is 0 Å². The quantitative estimate of drug-likeness (QED) is 0.836. The number of rotatable bonds is 2. The lowest BCUT2D eigenvalue weighted by Gasteiger charge is -2.07. The molecule has 1 aliphatic heterocycles. The van der Waals surface area contributed by atoms with E-state index in [1.807, 2.05) is 12.1 Å². The number of aromatic nitrogens is 1. The molecule has 4 heteroatoms. The Morgan fingerprint density at radius 1 is 1.50 bits per heavy atom. The summed E-state index contributed by atoms with van der Waals surface area (Å²) >= 11 is 0. The molecule has 1 atom stereocenters. The van der Waals surface area contributed by atoms with Crippen LogP contribution in [0.2, 0.25) is 0 Å². The topological polar surface area (TPSA) is 47.3 Å². The van der Waals surface area contributed by atoms with Gasteiger partial charge in [-0.25, -0.2) is 0 Å². The third-order valence-corrected chi connectivity index (χ3v) is 3.11. The molecule has 1 aromatic carbocycles. The van der Waals surface area contributed by atoms with Crippen molar-refractivity contribution in [2.24, 2.45) is 0 Å². The molecule has 84 valence electrons. The largest absolute Gasteiger partial charge is 0.453 e. The average Bonchev–Trinajstić information content (AvgIpc) is 2.97. The molecule has 0 aliphatic carbocycles. The number of oxazole rings is 1. The van der Waals surface area contributed by atoms with Crippen LogP contribution in [0.4, 0.5) is 0 Å². The van der Waals surface area contributed by atoms with E-state index < -0.39 is 0 Å². The SMILES string of the molecule is COc1nc2c(C3CCNC3)cccc2o1. The van der Waals surface area contributed by atoms with Crippen molar-refractivity contribution in [2.75, 3.05) is 20.2 Å². The van der Waals surface area contributed by atoms with Crippen molar-refractivity contribution in [3.05, 3.63) is 23.8 Å². The van der Waals surface area contributed by atoms with Gasteiger partial charge in [-0.05, 0) is 30.5 Å². The summed E-state index contributed by atoms with van der Waals surface area (Å²) in [7, 11) is 1.57. The normalized spacial score (nSPS) is 20.4. The lowest BCUT2D eigenvalue weighted by atomic mass is 9.97. The summed E-state index contributed by atoms with van der Waals surface area (Å²) in [6.45, 7) is 2.10. The van der Waals surface area contributed by atoms with Gasteiger partial charge in [0, 0.05) is 6.54 Å². The third-order valence-electron chi connectivity index (χ3n) is 3.11. The fourth-order valence-electron chi connectivity index (χ4n) is 2.29. The lowest BCUT2D eigenvalue weighted by Crippen LogP contribution is -2.08. The van der Waals surface area contributed by atoms with Gasteiger partial charge in [0.25, 0.3) is 0 Å². The van der Waals surface area contributed by atoms with Crippen molar-refractivity contribution in [3.8, 4) is 6.08 Å². The molecule has 1 aromatic heterocycles. The number of fused-ring (bicyclic) bond motifs is 1. The van der Waals surface area contributed by atoms with E-state index in [-0.39, 0.29) is 0 Å². The number of hydrogen-bond acceptors (Lipinski definition) is 4. The van der Waals surface area contributed by atoms with Gasteiger partial charge >= 0.3 is 6.08 Å². The maximum absolute atomic E-state index is 5.46. The van der Waals surface area contributed by atoms with Gasteiger partial charge in [0.15, 0.2) is 5.58 Å². The minimum Gasteiger partial charge on any atom is -0.453 e. The Morgan fingerprint density at radius 2 is 2.44 bits per heavy atom. The average molecular weight is 218 g/mol. The zero-order valence-corrected chi connectivity index (χ0v) is 9.19. The Balaban J connectivity index is 2.12. The maximum Gasteiger partial charge on any atom is 0.394 e. The van der Waals surface area contributed by atoms with Crippen molar-refractivity contribution >= 4 is 11.1 Å². The highest BCUT2D eigenvalue weighted by Gasteiger charge is 2.21. The van der Waals surface area contributed by atoms with E-state index in [4.69, 9.17) is 9.15 Å². The number of benzene rings is 1. The Morgan fingerprint density at radius 3 is 3.19 bits per heavy atom. The minimum absolute atomic E-state index is 0.341. The van der Waals surface area contributed by atoms with Crippen molar-refractivity contribution in [2.45, 2.75) is 12.3 Å². The summed E-state index contributed by atoms with van der Waals surface area (Å²) < 4.78 is 10.5. The highest BCUT2D eigenvalue weighted by molar-refractivity contribution is 5.77. The van der Waals surface area contributed by atoms with Gasteiger partial charge in [0.2, 0.25) is 0 Å². The van der Waals surface area contributed by atoms with E-state index in [9.17, 15) is 0 Å². The van der Waals surface area contributed by atoms with E-state index >= 15 is 0 Å². The first-order valence-electron chi connectivity index (χ1n) is 5.52. The fourth-order valence-corrected chi connectivity index (χ4v) is 2.29. The number of hydrogen-bond donors (Lipinski definition) is 1. The lowest BCUT2D eigenvalue weighted by molar-refractivity contribution is 0.299. The van der Waals surface area contributed by atoms with Crippen LogP contribution < -0.4 is 10.1 Å². The Kier molecular flexibility index (Phi) is 2.29. The van der Waals surface area contributed by atoms with Crippen molar-refractivity contribution in [1.82, 2.24) is 10.3 Å². The fraction of sp³-hybridized carbons (Fsp3) is 0.417. The van der Waals surface area contributed by atoms with Gasteiger partial charge in [-0.15, -0.1) is 0 Å². The Labute approximate surface area is 93.6 Å². The first-order valence-corrected chi connectivity index (χ1v) is 5.52. The van der Waals surface area contributed by atoms with Gasteiger partial charge in [0.05, 0.1) is 7.11 Å². The number of nitrogens with zero attached hydrogens (tertiary/aromatic N) is 1. The van der Waals surface area contributed by atoms with Crippen LogP contribution in [0.3, 0.4) is 0 Å². The monoisotopic (exact) mass is 218 g/mol. The van der Waals surface area contributed by atoms with Crippen molar-refractivity contribution < 1.29 is 9.15 Å². The van der Waals surface area contributed by atoms with E-state index in [1.54, 1.807) is 7.11 Å². The predicted molar refractivity (Wildman–Crippen MR) is 60.8 cm³/mol. The van der Waals surface area contributed by atoms with Crippen LogP contribution in [-0.4, -0.2) is 25.2 Å². The van der Waals surface area contributed by atoms with E-state index in [0.29, 0.717) is 12.0 Å². The van der Waals surface area contributed by atoms with Gasteiger partial charge in [-0.2, -0.15) is 4.98 Å². The minimum atomic E-state index is 0.341. The van der Waals surface area contributed by atoms with Gasteiger partial charge in [-0.1, -0.05) is 12.1 Å². The second-order valence-corrected chi connectivity index (χ2v) is 4.07. The molecule has 0 radical (unpaired) electrons. The molecule has 2 heterocycles. The number of nitrogens with one attached hydrogen (secondary N) is 1. The summed E-state index contributed by atoms with van der Waals surface area (Å²) in [5.74, 6) is 0.540. The summed E-state index contributed by atoms with van der Waals surface area (Å²) in [6, 6.07) is 6.07. The van der Waals surface area contributed by atoms with E-state index in [1.165, 1.54) is 5.56 Å². The molecule has 1 unspecified atom stereocenters. The first kappa shape index (κ1) is 9.66. The van der Waals surface area contributed by atoms with E-state index in [2.05, 4.69) is 16.4 Å². The molecule has 3 rings (SSSR count). The highest BCUT2D eigenvalue weighted by atomic mass is 16.6. The summed E-state index contributed by atoms with van der Waals surface area (Å²) in [4.78, 5) is 4.36.